The van der Waals surface area contributed by atoms with E-state index in [0.717, 1.165) is 50.3 Å². The van der Waals surface area contributed by atoms with Crippen molar-refractivity contribution < 1.29 is 9.18 Å². The molecule has 1 amide bonds. The van der Waals surface area contributed by atoms with Crippen LogP contribution in [0.5, 0.6) is 0 Å². The quantitative estimate of drug-likeness (QED) is 0.792. The molecule has 2 aromatic rings. The number of rotatable bonds is 3. The number of hydrogen-bond acceptors (Lipinski definition) is 2. The Morgan fingerprint density at radius 2 is 1.83 bits per heavy atom. The van der Waals surface area contributed by atoms with Crippen molar-refractivity contribution in [3.05, 3.63) is 69.9 Å². The van der Waals surface area contributed by atoms with E-state index < -0.39 is 0 Å². The first-order valence-corrected chi connectivity index (χ1v) is 8.93. The smallest absolute Gasteiger partial charge is 0.253 e. The summed E-state index contributed by atoms with van der Waals surface area (Å²) < 4.78 is 13.8. The third-order valence-corrected chi connectivity index (χ3v) is 4.89. The Hall–Kier alpha value is -1.72. The average Bonchev–Trinajstić information content (AvgIpc) is 2.84. The zero-order valence-electron chi connectivity index (χ0n) is 13.4. The molecule has 5 heteroatoms. The summed E-state index contributed by atoms with van der Waals surface area (Å²) in [6.07, 6.45) is 0.945. The van der Waals surface area contributed by atoms with Crippen LogP contribution in [0, 0.1) is 5.82 Å². The van der Waals surface area contributed by atoms with E-state index >= 15 is 0 Å². The van der Waals surface area contributed by atoms with Crippen molar-refractivity contribution >= 4 is 21.8 Å². The lowest BCUT2D eigenvalue weighted by Gasteiger charge is -2.22. The Kier molecular flexibility index (Phi) is 5.63. The van der Waals surface area contributed by atoms with Crippen LogP contribution >= 0.6 is 15.9 Å². The van der Waals surface area contributed by atoms with Gasteiger partial charge < -0.3 is 4.90 Å². The van der Waals surface area contributed by atoms with Crippen molar-refractivity contribution in [1.82, 2.24) is 9.80 Å². The maximum atomic E-state index is 13.3. The van der Waals surface area contributed by atoms with E-state index in [-0.39, 0.29) is 11.7 Å². The van der Waals surface area contributed by atoms with Gasteiger partial charge >= 0.3 is 0 Å². The SMILES string of the molecule is O=C(c1ccccc1)N1CCCN(Cc2ccc(F)c(Br)c2)CC1. The second kappa shape index (κ2) is 7.90. The fourth-order valence-corrected chi connectivity index (χ4v) is 3.42. The molecule has 0 unspecified atom stereocenters. The summed E-state index contributed by atoms with van der Waals surface area (Å²) >= 11 is 3.23. The molecule has 1 fully saturated rings. The molecule has 126 valence electrons. The lowest BCUT2D eigenvalue weighted by atomic mass is 10.2. The molecule has 3 rings (SSSR count). The van der Waals surface area contributed by atoms with E-state index in [1.165, 1.54) is 6.07 Å². The number of nitrogens with zero attached hydrogens (tertiary/aromatic N) is 2. The predicted octanol–water partition coefficient (Wildman–Crippen LogP) is 3.94. The van der Waals surface area contributed by atoms with Crippen LogP contribution in [0.25, 0.3) is 0 Å². The van der Waals surface area contributed by atoms with Gasteiger partial charge in [0.05, 0.1) is 4.47 Å². The summed E-state index contributed by atoms with van der Waals surface area (Å²) in [7, 11) is 0. The Bertz CT molecular complexity index is 708. The maximum Gasteiger partial charge on any atom is 0.253 e. The van der Waals surface area contributed by atoms with Crippen LogP contribution in [0.15, 0.2) is 53.0 Å². The molecule has 24 heavy (non-hydrogen) atoms. The number of benzene rings is 2. The summed E-state index contributed by atoms with van der Waals surface area (Å²) in [5.74, 6) is -0.142. The van der Waals surface area contributed by atoms with Crippen molar-refractivity contribution in [2.45, 2.75) is 13.0 Å². The Labute approximate surface area is 150 Å². The highest BCUT2D eigenvalue weighted by molar-refractivity contribution is 9.10. The fourth-order valence-electron chi connectivity index (χ4n) is 2.99. The second-order valence-corrected chi connectivity index (χ2v) is 6.89. The third-order valence-electron chi connectivity index (χ3n) is 4.29. The number of halogens is 2. The second-order valence-electron chi connectivity index (χ2n) is 6.04. The zero-order valence-corrected chi connectivity index (χ0v) is 15.0. The molecule has 0 bridgehead atoms. The standard InChI is InChI=1S/C19H20BrFN2O/c20-17-13-15(7-8-18(17)21)14-22-9-4-10-23(12-11-22)19(24)16-5-2-1-3-6-16/h1-3,5-8,13H,4,9-12,14H2. The Morgan fingerprint density at radius 3 is 2.58 bits per heavy atom. The zero-order chi connectivity index (χ0) is 16.9. The van der Waals surface area contributed by atoms with E-state index in [2.05, 4.69) is 20.8 Å². The molecule has 2 aromatic carbocycles. The van der Waals surface area contributed by atoms with Crippen LogP contribution in [0.1, 0.15) is 22.3 Å². The van der Waals surface area contributed by atoms with Gasteiger partial charge in [0.25, 0.3) is 5.91 Å². The van der Waals surface area contributed by atoms with E-state index in [9.17, 15) is 9.18 Å². The monoisotopic (exact) mass is 390 g/mol. The normalized spacial score (nSPS) is 16.0. The first-order chi connectivity index (χ1) is 11.6. The van der Waals surface area contributed by atoms with Gasteiger partial charge in [-0.05, 0) is 52.2 Å². The molecule has 0 saturated carbocycles. The molecule has 0 N–H and O–H groups in total. The molecule has 0 spiro atoms. The molecule has 1 heterocycles. The van der Waals surface area contributed by atoms with E-state index in [1.54, 1.807) is 0 Å². The molecule has 3 nitrogen and oxygen atoms in total. The minimum Gasteiger partial charge on any atom is -0.337 e. The van der Waals surface area contributed by atoms with Gasteiger partial charge in [-0.3, -0.25) is 9.69 Å². The van der Waals surface area contributed by atoms with E-state index in [0.29, 0.717) is 4.47 Å². The van der Waals surface area contributed by atoms with Gasteiger partial charge in [0.2, 0.25) is 0 Å². The topological polar surface area (TPSA) is 23.6 Å². The molecule has 1 saturated heterocycles. The van der Waals surface area contributed by atoms with Crippen molar-refractivity contribution in [1.29, 1.82) is 0 Å². The summed E-state index contributed by atoms with van der Waals surface area (Å²) in [6.45, 7) is 4.03. The number of carbonyl (C=O) groups excluding carboxylic acids is 1. The minimum atomic E-state index is -0.241. The third kappa shape index (κ3) is 4.22. The molecule has 1 aliphatic rings. The highest BCUT2D eigenvalue weighted by Crippen LogP contribution is 2.19. The summed E-state index contributed by atoms with van der Waals surface area (Å²) in [5, 5.41) is 0. The summed E-state index contributed by atoms with van der Waals surface area (Å²) in [5.41, 5.74) is 1.82. The van der Waals surface area contributed by atoms with Crippen LogP contribution in [-0.4, -0.2) is 41.9 Å². The van der Waals surface area contributed by atoms with Gasteiger partial charge in [-0.15, -0.1) is 0 Å². The van der Waals surface area contributed by atoms with Crippen LogP contribution in [0.3, 0.4) is 0 Å². The van der Waals surface area contributed by atoms with Gasteiger partial charge in [0, 0.05) is 38.3 Å². The fraction of sp³-hybridized carbons (Fsp3) is 0.316. The lowest BCUT2D eigenvalue weighted by Crippen LogP contribution is -2.35. The Balaban J connectivity index is 1.60. The number of hydrogen-bond donors (Lipinski definition) is 0. The molecule has 0 atom stereocenters. The number of carbonyl (C=O) groups is 1. The van der Waals surface area contributed by atoms with E-state index in [1.807, 2.05) is 47.4 Å². The van der Waals surface area contributed by atoms with Gasteiger partial charge in [0.15, 0.2) is 0 Å². The van der Waals surface area contributed by atoms with Gasteiger partial charge in [0.1, 0.15) is 5.82 Å². The number of amides is 1. The maximum absolute atomic E-state index is 13.3. The van der Waals surface area contributed by atoms with E-state index in [4.69, 9.17) is 0 Å². The molecule has 0 aromatic heterocycles. The van der Waals surface area contributed by atoms with Crippen LogP contribution in [-0.2, 0) is 6.54 Å². The molecule has 0 radical (unpaired) electrons. The summed E-state index contributed by atoms with van der Waals surface area (Å²) in [6, 6.07) is 14.6. The van der Waals surface area contributed by atoms with Crippen molar-refractivity contribution in [2.24, 2.45) is 0 Å². The minimum absolute atomic E-state index is 0.0991. The van der Waals surface area contributed by atoms with Crippen LogP contribution < -0.4 is 0 Å². The average molecular weight is 391 g/mol. The first-order valence-electron chi connectivity index (χ1n) is 8.14. The largest absolute Gasteiger partial charge is 0.337 e. The van der Waals surface area contributed by atoms with Crippen LogP contribution in [0.4, 0.5) is 4.39 Å². The Morgan fingerprint density at radius 1 is 1.04 bits per heavy atom. The van der Waals surface area contributed by atoms with Gasteiger partial charge in [-0.25, -0.2) is 4.39 Å². The first kappa shape index (κ1) is 17.1. The summed E-state index contributed by atoms with van der Waals surface area (Å²) in [4.78, 5) is 16.8. The lowest BCUT2D eigenvalue weighted by molar-refractivity contribution is 0.0761. The molecular formula is C19H20BrFN2O. The predicted molar refractivity (Wildman–Crippen MR) is 96.3 cm³/mol. The van der Waals surface area contributed by atoms with Crippen molar-refractivity contribution in [3.8, 4) is 0 Å². The molecule has 0 aliphatic carbocycles. The highest BCUT2D eigenvalue weighted by Gasteiger charge is 2.20. The molecular weight excluding hydrogens is 371 g/mol. The van der Waals surface area contributed by atoms with Gasteiger partial charge in [-0.2, -0.15) is 0 Å². The molecule has 1 aliphatic heterocycles. The highest BCUT2D eigenvalue weighted by atomic mass is 79.9. The van der Waals surface area contributed by atoms with Gasteiger partial charge in [-0.1, -0.05) is 24.3 Å². The van der Waals surface area contributed by atoms with Crippen LogP contribution in [0.2, 0.25) is 0 Å². The van der Waals surface area contributed by atoms with Crippen molar-refractivity contribution in [2.75, 3.05) is 26.2 Å². The van der Waals surface area contributed by atoms with Crippen molar-refractivity contribution in [3.63, 3.8) is 0 Å².